The van der Waals surface area contributed by atoms with Crippen LogP contribution < -0.4 is 0 Å². The summed E-state index contributed by atoms with van der Waals surface area (Å²) in [6.45, 7) is 2.79. The minimum absolute atomic E-state index is 0. The zero-order valence-corrected chi connectivity index (χ0v) is 29.8. The molecule has 0 radical (unpaired) electrons. The number of halogens is 3. The molecule has 3 aromatic rings. The molecule has 0 aliphatic heterocycles. The summed E-state index contributed by atoms with van der Waals surface area (Å²) < 4.78 is 1.88. The molecule has 6 heteroatoms. The second kappa shape index (κ2) is 23.0. The quantitative estimate of drug-likeness (QED) is 0.0691. The molecule has 0 spiro atoms. The lowest BCUT2D eigenvalue weighted by Crippen LogP contribution is -2.05. The lowest BCUT2D eigenvalue weighted by molar-refractivity contribution is 0.0975. The molecule has 0 N–H and O–H groups in total. The van der Waals surface area contributed by atoms with Gasteiger partial charge >= 0.3 is 0 Å². The van der Waals surface area contributed by atoms with E-state index in [0.29, 0.717) is 28.7 Å². The highest BCUT2D eigenvalue weighted by atomic mass is 79.9. The molecule has 3 rings (SSSR count). The smallest absolute Gasteiger partial charge is 0.183 e. The van der Waals surface area contributed by atoms with Gasteiger partial charge in [-0.05, 0) is 30.2 Å². The van der Waals surface area contributed by atoms with Gasteiger partial charge in [0.25, 0.3) is 0 Å². The molecule has 0 saturated carbocycles. The van der Waals surface area contributed by atoms with Gasteiger partial charge in [-0.25, -0.2) is 0 Å². The molecule has 3 nitrogen and oxygen atoms in total. The van der Waals surface area contributed by atoms with E-state index in [4.69, 9.17) is 28.3 Å². The van der Waals surface area contributed by atoms with Gasteiger partial charge in [-0.2, -0.15) is 5.10 Å². The van der Waals surface area contributed by atoms with Crippen LogP contribution in [0.4, 0.5) is 0 Å². The Kier molecular flexibility index (Phi) is 20.3. The van der Waals surface area contributed by atoms with Gasteiger partial charge in [0.1, 0.15) is 5.69 Å². The maximum Gasteiger partial charge on any atom is 0.183 e. The molecule has 0 bridgehead atoms. The van der Waals surface area contributed by atoms with Crippen molar-refractivity contribution < 1.29 is 4.79 Å². The third-order valence-electron chi connectivity index (χ3n) is 8.51. The molecule has 0 atom stereocenters. The van der Waals surface area contributed by atoms with E-state index < -0.39 is 0 Å². The summed E-state index contributed by atoms with van der Waals surface area (Å²) in [6, 6.07) is 13.5. The number of nitrogens with zero attached hydrogens (tertiary/aromatic N) is 2. The van der Waals surface area contributed by atoms with Crippen LogP contribution in [0.2, 0.25) is 10.0 Å². The number of rotatable bonds is 24. The van der Waals surface area contributed by atoms with Crippen LogP contribution in [0.3, 0.4) is 0 Å². The van der Waals surface area contributed by atoms with E-state index >= 15 is 0 Å². The van der Waals surface area contributed by atoms with Crippen molar-refractivity contribution in [1.82, 2.24) is 9.78 Å². The Morgan fingerprint density at radius 1 is 0.674 bits per heavy atom. The highest BCUT2D eigenvalue weighted by Crippen LogP contribution is 2.26. The fraction of sp³-hybridized carbons (Fsp3) is 0.622. The molecule has 0 saturated heterocycles. The number of carbonyl (C=O) groups is 1. The molecule has 2 aromatic carbocycles. The van der Waals surface area contributed by atoms with E-state index in [0.717, 1.165) is 29.3 Å². The topological polar surface area (TPSA) is 34.9 Å². The number of para-hydroxylation sites is 1. The molecule has 0 aliphatic carbocycles. The van der Waals surface area contributed by atoms with Crippen molar-refractivity contribution in [3.05, 3.63) is 63.8 Å². The first kappa shape index (κ1) is 37.8. The number of hydrogen-bond donors (Lipinski definition) is 0. The van der Waals surface area contributed by atoms with Gasteiger partial charge in [0, 0.05) is 21.9 Å². The first-order valence-electron chi connectivity index (χ1n) is 17.0. The zero-order chi connectivity index (χ0) is 29.8. The summed E-state index contributed by atoms with van der Waals surface area (Å²) in [5.74, 6) is 0.134. The zero-order valence-electron chi connectivity index (χ0n) is 26.6. The highest BCUT2D eigenvalue weighted by molar-refractivity contribution is 8.93. The van der Waals surface area contributed by atoms with Crippen molar-refractivity contribution in [1.29, 1.82) is 0 Å². The minimum atomic E-state index is 0. The average molecular weight is 695 g/mol. The number of unbranched alkanes of at least 4 members (excludes halogenated alkanes) is 19. The largest absolute Gasteiger partial charge is 0.292 e. The second-order valence-electron chi connectivity index (χ2n) is 12.1. The fourth-order valence-corrected chi connectivity index (χ4v) is 6.39. The van der Waals surface area contributed by atoms with Gasteiger partial charge in [-0.1, -0.05) is 176 Å². The Bertz CT molecular complexity index is 1180. The Morgan fingerprint density at radius 3 is 1.67 bits per heavy atom. The van der Waals surface area contributed by atoms with Crippen LogP contribution in [0.25, 0.3) is 10.9 Å². The standard InChI is InChI=1S/C37H54Cl2N2O.BrH/c1-2-3-4-5-6-7-8-9-10-11-12-13-14-15-16-17-18-19-20-21-26-36(42)37-33-24-22-23-25-35(33)41(40-37)30-31-27-28-32(38)29-34(31)39;/h22-25,27-29H,2-21,26,30H2,1H3;1H. The Balaban J connectivity index is 0.00000645. The maximum absolute atomic E-state index is 13.1. The first-order chi connectivity index (χ1) is 20.6. The third-order valence-corrected chi connectivity index (χ3v) is 9.10. The number of benzene rings is 2. The van der Waals surface area contributed by atoms with Crippen LogP contribution in [0.1, 0.15) is 158 Å². The van der Waals surface area contributed by atoms with Crippen LogP contribution in [-0.2, 0) is 6.54 Å². The monoisotopic (exact) mass is 692 g/mol. The highest BCUT2D eigenvalue weighted by Gasteiger charge is 2.17. The van der Waals surface area contributed by atoms with Crippen LogP contribution in [0, 0.1) is 0 Å². The number of Topliss-reactive ketones (excluding diaryl/α,β-unsaturated/α-hetero) is 1. The van der Waals surface area contributed by atoms with Gasteiger partial charge in [-0.3, -0.25) is 9.48 Å². The van der Waals surface area contributed by atoms with E-state index in [2.05, 4.69) is 6.92 Å². The summed E-state index contributed by atoms with van der Waals surface area (Å²) in [6.07, 6.45) is 27.7. The van der Waals surface area contributed by atoms with E-state index in [1.807, 2.05) is 41.1 Å². The Morgan fingerprint density at radius 2 is 1.16 bits per heavy atom. The van der Waals surface area contributed by atoms with Gasteiger partial charge in [0.2, 0.25) is 0 Å². The van der Waals surface area contributed by atoms with Crippen molar-refractivity contribution >= 4 is 56.9 Å². The van der Waals surface area contributed by atoms with Crippen molar-refractivity contribution in [3.63, 3.8) is 0 Å². The third kappa shape index (κ3) is 14.5. The molecule has 1 aromatic heterocycles. The predicted octanol–water partition coefficient (Wildman–Crippen LogP) is 13.4. The lowest BCUT2D eigenvalue weighted by atomic mass is 10.0. The molecule has 240 valence electrons. The molecule has 43 heavy (non-hydrogen) atoms. The molecular formula is C37H55BrCl2N2O. The number of ketones is 1. The second-order valence-corrected chi connectivity index (χ2v) is 13.0. The summed E-state index contributed by atoms with van der Waals surface area (Å²) >= 11 is 12.5. The van der Waals surface area contributed by atoms with E-state index in [1.54, 1.807) is 6.07 Å². The van der Waals surface area contributed by atoms with Crippen molar-refractivity contribution in [2.45, 2.75) is 148 Å². The van der Waals surface area contributed by atoms with E-state index in [1.165, 1.54) is 116 Å². The summed E-state index contributed by atoms with van der Waals surface area (Å²) in [7, 11) is 0. The van der Waals surface area contributed by atoms with Gasteiger partial charge in [-0.15, -0.1) is 17.0 Å². The van der Waals surface area contributed by atoms with Gasteiger partial charge < -0.3 is 0 Å². The van der Waals surface area contributed by atoms with Crippen molar-refractivity contribution in [2.75, 3.05) is 0 Å². The lowest BCUT2D eigenvalue weighted by Gasteiger charge is -2.06. The summed E-state index contributed by atoms with van der Waals surface area (Å²) in [5.41, 5.74) is 2.46. The summed E-state index contributed by atoms with van der Waals surface area (Å²) in [4.78, 5) is 13.1. The molecule has 0 unspecified atom stereocenters. The molecule has 0 fully saturated rings. The molecular weight excluding hydrogens is 639 g/mol. The van der Waals surface area contributed by atoms with Crippen LogP contribution in [-0.4, -0.2) is 15.6 Å². The number of hydrogen-bond acceptors (Lipinski definition) is 2. The Labute approximate surface area is 282 Å². The van der Waals surface area contributed by atoms with Crippen molar-refractivity contribution in [3.8, 4) is 0 Å². The van der Waals surface area contributed by atoms with Crippen LogP contribution in [0.15, 0.2) is 42.5 Å². The summed E-state index contributed by atoms with van der Waals surface area (Å²) in [5, 5.41) is 6.87. The number of aromatic nitrogens is 2. The number of fused-ring (bicyclic) bond motifs is 1. The number of carbonyl (C=O) groups excluding carboxylic acids is 1. The Hall–Kier alpha value is -1.36. The van der Waals surface area contributed by atoms with Gasteiger partial charge in [0.15, 0.2) is 5.78 Å². The predicted molar refractivity (Wildman–Crippen MR) is 193 cm³/mol. The van der Waals surface area contributed by atoms with E-state index in [-0.39, 0.29) is 22.8 Å². The average Bonchev–Trinajstić information content (AvgIpc) is 3.36. The van der Waals surface area contributed by atoms with E-state index in [9.17, 15) is 4.79 Å². The molecule has 0 amide bonds. The van der Waals surface area contributed by atoms with Crippen LogP contribution >= 0.6 is 40.2 Å². The fourth-order valence-electron chi connectivity index (χ4n) is 5.92. The normalized spacial score (nSPS) is 11.2. The SMILES string of the molecule is Br.CCCCCCCCCCCCCCCCCCCCCCC(=O)c1nn(Cc2ccc(Cl)cc2Cl)c2ccccc12. The first-order valence-corrected chi connectivity index (χ1v) is 17.8. The van der Waals surface area contributed by atoms with Gasteiger partial charge in [0.05, 0.1) is 12.1 Å². The minimum Gasteiger partial charge on any atom is -0.292 e. The molecule has 0 aliphatic rings. The van der Waals surface area contributed by atoms with Crippen molar-refractivity contribution in [2.24, 2.45) is 0 Å². The van der Waals surface area contributed by atoms with Crippen LogP contribution in [0.5, 0.6) is 0 Å². The molecule has 1 heterocycles. The maximum atomic E-state index is 13.1.